The zero-order valence-electron chi connectivity index (χ0n) is 11.2. The fraction of sp³-hybridized carbons (Fsp3) is 0.571. The van der Waals surface area contributed by atoms with Gasteiger partial charge in [0, 0.05) is 12.6 Å². The Morgan fingerprint density at radius 3 is 3.05 bits per heavy atom. The number of anilines is 1. The van der Waals surface area contributed by atoms with Crippen molar-refractivity contribution in [3.05, 3.63) is 33.7 Å². The van der Waals surface area contributed by atoms with E-state index in [1.807, 2.05) is 0 Å². The second kappa shape index (κ2) is 6.75. The molecule has 0 saturated carbocycles. The van der Waals surface area contributed by atoms with Gasteiger partial charge in [-0.2, -0.15) is 5.10 Å². The summed E-state index contributed by atoms with van der Waals surface area (Å²) < 4.78 is 1.44. The third kappa shape index (κ3) is 3.60. The molecule has 0 radical (unpaired) electrons. The first-order valence-electron chi connectivity index (χ1n) is 6.89. The summed E-state index contributed by atoms with van der Waals surface area (Å²) in [5, 5.41) is 7.75. The van der Waals surface area contributed by atoms with E-state index < -0.39 is 0 Å². The number of allylic oxidation sites excluding steroid dienone is 1. The van der Waals surface area contributed by atoms with Crippen LogP contribution in [0.2, 0.25) is 5.02 Å². The van der Waals surface area contributed by atoms with Gasteiger partial charge in [-0.1, -0.05) is 37.1 Å². The Hall–Kier alpha value is -1.29. The number of hydrogen-bond acceptors (Lipinski definition) is 3. The fourth-order valence-corrected chi connectivity index (χ4v) is 2.38. The standard InChI is InChI=1S/C14H20ClN3O/c1-2-3-9-18-14(19)13(15)12(10-16-18)17-11-7-5-4-6-8-11/h4-5,10-11,17H,2-3,6-9H2,1H3. The fourth-order valence-electron chi connectivity index (χ4n) is 2.18. The minimum absolute atomic E-state index is 0.202. The number of halogens is 1. The third-order valence-electron chi connectivity index (χ3n) is 3.34. The van der Waals surface area contributed by atoms with Gasteiger partial charge in [0.15, 0.2) is 0 Å². The van der Waals surface area contributed by atoms with Gasteiger partial charge in [0.25, 0.3) is 5.56 Å². The second-order valence-corrected chi connectivity index (χ2v) is 5.26. The van der Waals surface area contributed by atoms with Crippen LogP contribution in [0.5, 0.6) is 0 Å². The van der Waals surface area contributed by atoms with Gasteiger partial charge in [-0.15, -0.1) is 0 Å². The molecule has 0 amide bonds. The highest BCUT2D eigenvalue weighted by Crippen LogP contribution is 2.21. The molecule has 0 aromatic carbocycles. The topological polar surface area (TPSA) is 46.9 Å². The van der Waals surface area contributed by atoms with Crippen molar-refractivity contribution in [2.75, 3.05) is 5.32 Å². The van der Waals surface area contributed by atoms with Crippen LogP contribution in [0.4, 0.5) is 5.69 Å². The van der Waals surface area contributed by atoms with Gasteiger partial charge in [0.1, 0.15) is 5.02 Å². The van der Waals surface area contributed by atoms with Gasteiger partial charge >= 0.3 is 0 Å². The van der Waals surface area contributed by atoms with Gasteiger partial charge in [-0.25, -0.2) is 4.68 Å². The first-order chi connectivity index (χ1) is 9.22. The van der Waals surface area contributed by atoms with Gasteiger partial charge < -0.3 is 5.32 Å². The molecular weight excluding hydrogens is 262 g/mol. The van der Waals surface area contributed by atoms with Crippen LogP contribution in [0.25, 0.3) is 0 Å². The summed E-state index contributed by atoms with van der Waals surface area (Å²) in [7, 11) is 0. The molecule has 1 N–H and O–H groups in total. The number of nitrogens with one attached hydrogen (secondary N) is 1. The normalized spacial score (nSPS) is 18.5. The highest BCUT2D eigenvalue weighted by molar-refractivity contribution is 6.32. The molecular formula is C14H20ClN3O. The van der Waals surface area contributed by atoms with Crippen molar-refractivity contribution in [2.45, 2.75) is 51.6 Å². The van der Waals surface area contributed by atoms with Gasteiger partial charge in [-0.05, 0) is 25.7 Å². The van der Waals surface area contributed by atoms with E-state index in [4.69, 9.17) is 11.6 Å². The zero-order valence-corrected chi connectivity index (χ0v) is 12.0. The lowest BCUT2D eigenvalue weighted by Gasteiger charge is -2.21. The van der Waals surface area contributed by atoms with Crippen LogP contribution in [0, 0.1) is 0 Å². The first kappa shape index (κ1) is 14.1. The van der Waals surface area contributed by atoms with E-state index in [1.54, 1.807) is 6.20 Å². The maximum atomic E-state index is 12.1. The second-order valence-electron chi connectivity index (χ2n) is 4.88. The van der Waals surface area contributed by atoms with E-state index >= 15 is 0 Å². The third-order valence-corrected chi connectivity index (χ3v) is 3.70. The Morgan fingerprint density at radius 1 is 1.53 bits per heavy atom. The summed E-state index contributed by atoms with van der Waals surface area (Å²) in [5.41, 5.74) is 0.450. The van der Waals surface area contributed by atoms with Gasteiger partial charge in [-0.3, -0.25) is 4.79 Å². The van der Waals surface area contributed by atoms with Crippen LogP contribution in [0.1, 0.15) is 39.0 Å². The van der Waals surface area contributed by atoms with Crippen molar-refractivity contribution in [1.29, 1.82) is 0 Å². The molecule has 1 aromatic heterocycles. The monoisotopic (exact) mass is 281 g/mol. The van der Waals surface area contributed by atoms with Crippen LogP contribution in [0.3, 0.4) is 0 Å². The number of unbranched alkanes of at least 4 members (excludes halogenated alkanes) is 1. The van der Waals surface area contributed by atoms with Crippen molar-refractivity contribution in [1.82, 2.24) is 9.78 Å². The molecule has 2 rings (SSSR count). The van der Waals surface area contributed by atoms with E-state index in [0.29, 0.717) is 18.3 Å². The summed E-state index contributed by atoms with van der Waals surface area (Å²) in [5.74, 6) is 0. The molecule has 1 aliphatic carbocycles. The van der Waals surface area contributed by atoms with Crippen molar-refractivity contribution < 1.29 is 0 Å². The summed E-state index contributed by atoms with van der Waals surface area (Å²) in [6, 6.07) is 0.343. The molecule has 1 aromatic rings. The van der Waals surface area contributed by atoms with Gasteiger partial charge in [0.05, 0.1) is 11.9 Å². The minimum Gasteiger partial charge on any atom is -0.379 e. The van der Waals surface area contributed by atoms with Crippen LogP contribution in [-0.2, 0) is 6.54 Å². The Balaban J connectivity index is 2.11. The highest BCUT2D eigenvalue weighted by Gasteiger charge is 2.14. The van der Waals surface area contributed by atoms with E-state index in [1.165, 1.54) is 4.68 Å². The number of hydrogen-bond donors (Lipinski definition) is 1. The molecule has 0 aliphatic heterocycles. The summed E-state index contributed by atoms with van der Waals surface area (Å²) in [4.78, 5) is 12.1. The van der Waals surface area contributed by atoms with Crippen LogP contribution in [0.15, 0.2) is 23.1 Å². The Kier molecular flexibility index (Phi) is 5.02. The van der Waals surface area contributed by atoms with Crippen LogP contribution < -0.4 is 10.9 Å². The number of aryl methyl sites for hydroxylation is 1. The lowest BCUT2D eigenvalue weighted by Crippen LogP contribution is -2.27. The number of nitrogens with zero attached hydrogens (tertiary/aromatic N) is 2. The SMILES string of the molecule is CCCCn1ncc(NC2CC=CCC2)c(Cl)c1=O. The predicted octanol–water partition coefficient (Wildman–Crippen LogP) is 3.22. The largest absolute Gasteiger partial charge is 0.379 e. The minimum atomic E-state index is -0.202. The van der Waals surface area contributed by atoms with Crippen molar-refractivity contribution in [2.24, 2.45) is 0 Å². The van der Waals surface area contributed by atoms with Crippen LogP contribution >= 0.6 is 11.6 Å². The summed E-state index contributed by atoms with van der Waals surface area (Å²) in [6.45, 7) is 2.71. The average molecular weight is 282 g/mol. The maximum Gasteiger partial charge on any atom is 0.287 e. The maximum absolute atomic E-state index is 12.1. The molecule has 5 heteroatoms. The summed E-state index contributed by atoms with van der Waals surface area (Å²) >= 11 is 6.14. The van der Waals surface area contributed by atoms with Crippen molar-refractivity contribution >= 4 is 17.3 Å². The molecule has 0 spiro atoms. The molecule has 1 heterocycles. The number of aromatic nitrogens is 2. The summed E-state index contributed by atoms with van der Waals surface area (Å²) in [6.07, 6.45) is 11.1. The Labute approximate surface area is 118 Å². The first-order valence-corrected chi connectivity index (χ1v) is 7.27. The lowest BCUT2D eigenvalue weighted by atomic mass is 10.0. The molecule has 0 bridgehead atoms. The predicted molar refractivity (Wildman–Crippen MR) is 78.8 cm³/mol. The highest BCUT2D eigenvalue weighted by atomic mass is 35.5. The molecule has 19 heavy (non-hydrogen) atoms. The van der Waals surface area contributed by atoms with E-state index in [0.717, 1.165) is 32.1 Å². The Morgan fingerprint density at radius 2 is 2.37 bits per heavy atom. The molecule has 4 nitrogen and oxygen atoms in total. The molecule has 1 aliphatic rings. The number of rotatable bonds is 5. The Bertz CT molecular complexity index is 510. The molecule has 0 fully saturated rings. The van der Waals surface area contributed by atoms with Crippen molar-refractivity contribution in [3.63, 3.8) is 0 Å². The lowest BCUT2D eigenvalue weighted by molar-refractivity contribution is 0.542. The molecule has 1 atom stereocenters. The zero-order chi connectivity index (χ0) is 13.7. The van der Waals surface area contributed by atoms with Crippen molar-refractivity contribution in [3.8, 4) is 0 Å². The molecule has 0 saturated heterocycles. The smallest absolute Gasteiger partial charge is 0.287 e. The van der Waals surface area contributed by atoms with Crippen LogP contribution in [-0.4, -0.2) is 15.8 Å². The molecule has 104 valence electrons. The van der Waals surface area contributed by atoms with E-state index in [-0.39, 0.29) is 10.6 Å². The quantitative estimate of drug-likeness (QED) is 0.843. The van der Waals surface area contributed by atoms with Gasteiger partial charge in [0.2, 0.25) is 0 Å². The molecule has 1 unspecified atom stereocenters. The average Bonchev–Trinajstić information content (AvgIpc) is 2.44. The van der Waals surface area contributed by atoms with E-state index in [9.17, 15) is 4.79 Å². The van der Waals surface area contributed by atoms with E-state index in [2.05, 4.69) is 29.5 Å².